The summed E-state index contributed by atoms with van der Waals surface area (Å²) in [7, 11) is -3.69. The lowest BCUT2D eigenvalue weighted by atomic mass is 10.1. The smallest absolute Gasteiger partial charge is 0.242 e. The summed E-state index contributed by atoms with van der Waals surface area (Å²) in [5, 5.41) is 2.52. The Kier molecular flexibility index (Phi) is 4.84. The van der Waals surface area contributed by atoms with Crippen molar-refractivity contribution in [1.82, 2.24) is 9.71 Å². The van der Waals surface area contributed by atoms with Gasteiger partial charge in [-0.1, -0.05) is 6.07 Å². The van der Waals surface area contributed by atoms with Crippen LogP contribution in [0, 0.1) is 0 Å². The van der Waals surface area contributed by atoms with E-state index in [9.17, 15) is 8.42 Å². The second kappa shape index (κ2) is 6.13. The van der Waals surface area contributed by atoms with Gasteiger partial charge in [0, 0.05) is 22.6 Å². The summed E-state index contributed by atoms with van der Waals surface area (Å²) in [5.41, 5.74) is 5.55. The number of nitrogens with zero attached hydrogens (tertiary/aromatic N) is 1. The minimum Gasteiger partial charge on any atom is -0.326 e. The van der Waals surface area contributed by atoms with E-state index in [-0.39, 0.29) is 11.4 Å². The van der Waals surface area contributed by atoms with Gasteiger partial charge < -0.3 is 5.73 Å². The number of hydrogen-bond acceptors (Lipinski definition) is 5. The maximum absolute atomic E-state index is 12.6. The molecule has 0 saturated carbocycles. The van der Waals surface area contributed by atoms with Gasteiger partial charge in [0.15, 0.2) is 0 Å². The summed E-state index contributed by atoms with van der Waals surface area (Å²) in [5.74, 6) is 0. The standard InChI is InChI=1S/C13H16BrN3O2S2/c1-13(2,12-16-5-6-20-12)17-21(18,19)11-7-9(8-15)3-4-10(11)14/h3-7,17H,8,15H2,1-2H3. The summed E-state index contributed by atoms with van der Waals surface area (Å²) in [6.07, 6.45) is 1.65. The number of aromatic nitrogens is 1. The molecule has 1 heterocycles. The summed E-state index contributed by atoms with van der Waals surface area (Å²) in [6.45, 7) is 3.85. The van der Waals surface area contributed by atoms with E-state index < -0.39 is 15.6 Å². The Labute approximate surface area is 136 Å². The largest absolute Gasteiger partial charge is 0.326 e. The zero-order valence-corrected chi connectivity index (χ0v) is 14.8. The van der Waals surface area contributed by atoms with Gasteiger partial charge in [0.05, 0.1) is 10.4 Å². The van der Waals surface area contributed by atoms with Crippen LogP contribution in [-0.2, 0) is 22.1 Å². The van der Waals surface area contributed by atoms with Crippen LogP contribution in [0.3, 0.4) is 0 Å². The van der Waals surface area contributed by atoms with Crippen LogP contribution in [0.5, 0.6) is 0 Å². The molecule has 21 heavy (non-hydrogen) atoms. The quantitative estimate of drug-likeness (QED) is 0.822. The molecular formula is C13H16BrN3O2S2. The highest BCUT2D eigenvalue weighted by Gasteiger charge is 2.31. The SMILES string of the molecule is CC(C)(NS(=O)(=O)c1cc(CN)ccc1Br)c1nccs1. The molecule has 0 aliphatic rings. The highest BCUT2D eigenvalue weighted by Crippen LogP contribution is 2.28. The Morgan fingerprint density at radius 2 is 2.14 bits per heavy atom. The number of thiazole rings is 1. The van der Waals surface area contributed by atoms with Gasteiger partial charge in [-0.3, -0.25) is 0 Å². The van der Waals surface area contributed by atoms with Crippen LogP contribution in [0.1, 0.15) is 24.4 Å². The molecule has 0 fully saturated rings. The molecule has 2 rings (SSSR count). The van der Waals surface area contributed by atoms with E-state index in [1.165, 1.54) is 11.3 Å². The maximum Gasteiger partial charge on any atom is 0.242 e. The maximum atomic E-state index is 12.6. The van der Waals surface area contributed by atoms with Gasteiger partial charge in [-0.15, -0.1) is 11.3 Å². The van der Waals surface area contributed by atoms with Gasteiger partial charge in [0.2, 0.25) is 10.0 Å². The van der Waals surface area contributed by atoms with E-state index in [4.69, 9.17) is 5.73 Å². The molecule has 0 atom stereocenters. The Hall–Kier alpha value is -0.800. The van der Waals surface area contributed by atoms with E-state index in [0.29, 0.717) is 9.48 Å². The second-order valence-electron chi connectivity index (χ2n) is 5.04. The van der Waals surface area contributed by atoms with Gasteiger partial charge in [0.1, 0.15) is 5.01 Å². The van der Waals surface area contributed by atoms with E-state index >= 15 is 0 Å². The Balaban J connectivity index is 2.39. The number of benzene rings is 1. The van der Waals surface area contributed by atoms with Crippen molar-refractivity contribution >= 4 is 37.3 Å². The number of nitrogens with one attached hydrogen (secondary N) is 1. The average molecular weight is 390 g/mol. The van der Waals surface area contributed by atoms with Crippen molar-refractivity contribution in [3.05, 3.63) is 44.8 Å². The van der Waals surface area contributed by atoms with Gasteiger partial charge in [-0.05, 0) is 47.5 Å². The van der Waals surface area contributed by atoms with Crippen LogP contribution in [0.25, 0.3) is 0 Å². The summed E-state index contributed by atoms with van der Waals surface area (Å²) >= 11 is 4.69. The molecule has 0 bridgehead atoms. The first-order chi connectivity index (χ1) is 9.76. The molecule has 0 amide bonds. The first-order valence-corrected chi connectivity index (χ1v) is 9.34. The average Bonchev–Trinajstić information content (AvgIpc) is 2.92. The second-order valence-corrected chi connectivity index (χ2v) is 8.44. The minimum absolute atomic E-state index is 0.176. The van der Waals surface area contributed by atoms with Crippen molar-refractivity contribution in [1.29, 1.82) is 0 Å². The lowest BCUT2D eigenvalue weighted by Crippen LogP contribution is -2.41. The molecule has 0 unspecified atom stereocenters. The van der Waals surface area contributed by atoms with Crippen molar-refractivity contribution in [2.45, 2.75) is 30.8 Å². The lowest BCUT2D eigenvalue weighted by Gasteiger charge is -2.24. The zero-order chi connectivity index (χ0) is 15.7. The monoisotopic (exact) mass is 389 g/mol. The van der Waals surface area contributed by atoms with E-state index in [0.717, 1.165) is 5.56 Å². The van der Waals surface area contributed by atoms with Crippen molar-refractivity contribution in [3.63, 3.8) is 0 Å². The number of sulfonamides is 1. The first kappa shape index (κ1) is 16.6. The normalized spacial score (nSPS) is 12.6. The highest BCUT2D eigenvalue weighted by molar-refractivity contribution is 9.10. The van der Waals surface area contributed by atoms with Crippen LogP contribution >= 0.6 is 27.3 Å². The number of halogens is 1. The van der Waals surface area contributed by atoms with Crippen LogP contribution in [-0.4, -0.2) is 13.4 Å². The van der Waals surface area contributed by atoms with E-state index in [1.54, 1.807) is 38.2 Å². The van der Waals surface area contributed by atoms with Crippen LogP contribution in [0.15, 0.2) is 39.1 Å². The molecule has 0 saturated heterocycles. The molecule has 2 aromatic rings. The molecule has 0 radical (unpaired) electrons. The third-order valence-corrected chi connectivity index (χ3v) is 6.62. The van der Waals surface area contributed by atoms with Gasteiger partial charge in [-0.2, -0.15) is 4.72 Å². The molecular weight excluding hydrogens is 374 g/mol. The van der Waals surface area contributed by atoms with Crippen molar-refractivity contribution in [2.75, 3.05) is 0 Å². The fourth-order valence-electron chi connectivity index (χ4n) is 1.85. The van der Waals surface area contributed by atoms with E-state index in [1.807, 2.05) is 5.38 Å². The molecule has 8 heteroatoms. The fourth-order valence-corrected chi connectivity index (χ4v) is 5.03. The predicted molar refractivity (Wildman–Crippen MR) is 87.5 cm³/mol. The first-order valence-electron chi connectivity index (χ1n) is 6.19. The molecule has 0 spiro atoms. The van der Waals surface area contributed by atoms with Gasteiger partial charge in [-0.25, -0.2) is 13.4 Å². The topological polar surface area (TPSA) is 85.1 Å². The van der Waals surface area contributed by atoms with E-state index in [2.05, 4.69) is 25.6 Å². The molecule has 5 nitrogen and oxygen atoms in total. The molecule has 0 aliphatic carbocycles. The third-order valence-electron chi connectivity index (χ3n) is 2.88. The number of rotatable bonds is 5. The molecule has 1 aromatic heterocycles. The van der Waals surface area contributed by atoms with Crippen LogP contribution < -0.4 is 10.5 Å². The third kappa shape index (κ3) is 3.70. The summed E-state index contributed by atoms with van der Waals surface area (Å²) in [4.78, 5) is 4.36. The molecule has 0 aliphatic heterocycles. The predicted octanol–water partition coefficient (Wildman–Crippen LogP) is 2.58. The van der Waals surface area contributed by atoms with Crippen molar-refractivity contribution < 1.29 is 8.42 Å². The van der Waals surface area contributed by atoms with Crippen molar-refractivity contribution in [2.24, 2.45) is 5.73 Å². The Morgan fingerprint density at radius 1 is 1.43 bits per heavy atom. The zero-order valence-electron chi connectivity index (χ0n) is 11.6. The molecule has 3 N–H and O–H groups in total. The van der Waals surface area contributed by atoms with Crippen LogP contribution in [0.4, 0.5) is 0 Å². The van der Waals surface area contributed by atoms with Crippen molar-refractivity contribution in [3.8, 4) is 0 Å². The highest BCUT2D eigenvalue weighted by atomic mass is 79.9. The Bertz CT molecular complexity index is 728. The van der Waals surface area contributed by atoms with Gasteiger partial charge in [0.25, 0.3) is 0 Å². The Morgan fingerprint density at radius 3 is 2.71 bits per heavy atom. The van der Waals surface area contributed by atoms with Gasteiger partial charge >= 0.3 is 0 Å². The lowest BCUT2D eigenvalue weighted by molar-refractivity contribution is 0.469. The molecule has 1 aromatic carbocycles. The minimum atomic E-state index is -3.69. The summed E-state index contributed by atoms with van der Waals surface area (Å²) < 4.78 is 28.4. The fraction of sp³-hybridized carbons (Fsp3) is 0.308. The number of nitrogens with two attached hydrogens (primary N) is 1. The number of hydrogen-bond donors (Lipinski definition) is 2. The molecule has 114 valence electrons. The summed E-state index contributed by atoms with van der Waals surface area (Å²) in [6, 6.07) is 5.05. The van der Waals surface area contributed by atoms with Crippen LogP contribution in [0.2, 0.25) is 0 Å².